The molecule has 1 saturated heterocycles. The monoisotopic (exact) mass is 382 g/mol. The smallest absolute Gasteiger partial charge is 0.343 e. The zero-order valence-corrected chi connectivity index (χ0v) is 14.1. The van der Waals surface area contributed by atoms with E-state index in [9.17, 15) is 14.0 Å². The lowest BCUT2D eigenvalue weighted by molar-refractivity contribution is -0.150. The van der Waals surface area contributed by atoms with Crippen LogP contribution in [0, 0.1) is 6.92 Å². The molecule has 1 aromatic heterocycles. The van der Waals surface area contributed by atoms with Crippen molar-refractivity contribution in [1.82, 2.24) is 9.47 Å². The topological polar surface area (TPSA) is 62.5 Å². The van der Waals surface area contributed by atoms with Crippen LogP contribution in [0.3, 0.4) is 0 Å². The van der Waals surface area contributed by atoms with Gasteiger partial charge in [-0.15, -0.1) is 0 Å². The van der Waals surface area contributed by atoms with Crippen LogP contribution in [-0.2, 0) is 16.1 Å². The predicted octanol–water partition coefficient (Wildman–Crippen LogP) is 2.74. The summed E-state index contributed by atoms with van der Waals surface area (Å²) < 4.78 is 16.9. The lowest BCUT2D eigenvalue weighted by atomic mass is 10.1. The first-order valence-corrected chi connectivity index (χ1v) is 8.06. The number of carbonyl (C=O) groups excluding carboxylic acids is 1. The van der Waals surface area contributed by atoms with Crippen molar-refractivity contribution in [2.24, 2.45) is 0 Å². The summed E-state index contributed by atoms with van der Waals surface area (Å²) in [6, 6.07) is 7.69. The van der Waals surface area contributed by atoms with Gasteiger partial charge in [-0.05, 0) is 28.9 Å². The van der Waals surface area contributed by atoms with E-state index in [4.69, 9.17) is 5.11 Å². The maximum Gasteiger partial charge on any atom is 0.343 e. The Hall–Kier alpha value is -1.89. The molecule has 5 nitrogen and oxygen atoms in total. The first kappa shape index (κ1) is 16.0. The van der Waals surface area contributed by atoms with E-state index < -0.39 is 11.6 Å². The fourth-order valence-electron chi connectivity index (χ4n) is 2.99. The van der Waals surface area contributed by atoms with E-state index in [2.05, 4.69) is 15.9 Å². The molecular formula is C16H16BrFN2O3. The Balaban J connectivity index is 1.85. The van der Waals surface area contributed by atoms with Crippen LogP contribution in [0.25, 0.3) is 10.9 Å². The van der Waals surface area contributed by atoms with Gasteiger partial charge in [0.1, 0.15) is 6.54 Å². The molecule has 3 rings (SSSR count). The van der Waals surface area contributed by atoms with Crippen LogP contribution in [0.2, 0.25) is 0 Å². The van der Waals surface area contributed by atoms with E-state index in [1.807, 2.05) is 35.8 Å². The molecule has 0 bridgehead atoms. The number of likely N-dealkylation sites (tertiary alicyclic amines) is 1. The Morgan fingerprint density at radius 3 is 2.74 bits per heavy atom. The highest BCUT2D eigenvalue weighted by atomic mass is 79.9. The SMILES string of the molecule is Cc1c(Br)c2ccccc2n1CC(=O)N1CCC(F)(C(=O)O)C1. The van der Waals surface area contributed by atoms with Gasteiger partial charge in [-0.1, -0.05) is 18.2 Å². The molecule has 1 atom stereocenters. The standard InChI is InChI=1S/C16H16BrFN2O3/c1-10-14(17)11-4-2-3-5-12(11)20(10)8-13(21)19-7-6-16(18,9-19)15(22)23/h2-5H,6-9H2,1H3,(H,22,23). The molecule has 0 spiro atoms. The van der Waals surface area contributed by atoms with Crippen LogP contribution < -0.4 is 0 Å². The molecule has 2 heterocycles. The van der Waals surface area contributed by atoms with Gasteiger partial charge < -0.3 is 14.6 Å². The van der Waals surface area contributed by atoms with Gasteiger partial charge in [0.05, 0.1) is 6.54 Å². The van der Waals surface area contributed by atoms with Crippen molar-refractivity contribution in [3.05, 3.63) is 34.4 Å². The van der Waals surface area contributed by atoms with Crippen molar-refractivity contribution >= 4 is 38.7 Å². The summed E-state index contributed by atoms with van der Waals surface area (Å²) in [4.78, 5) is 24.7. The molecule has 0 radical (unpaired) electrons. The number of carboxylic acid groups (broad SMARTS) is 1. The summed E-state index contributed by atoms with van der Waals surface area (Å²) >= 11 is 3.53. The molecule has 23 heavy (non-hydrogen) atoms. The average Bonchev–Trinajstić information content (AvgIpc) is 3.04. The van der Waals surface area contributed by atoms with Crippen molar-refractivity contribution in [2.75, 3.05) is 13.1 Å². The first-order chi connectivity index (χ1) is 10.8. The zero-order valence-electron chi connectivity index (χ0n) is 12.6. The minimum Gasteiger partial charge on any atom is -0.479 e. The van der Waals surface area contributed by atoms with Crippen LogP contribution in [-0.4, -0.2) is 45.2 Å². The lowest BCUT2D eigenvalue weighted by Gasteiger charge is -2.19. The normalized spacial score (nSPS) is 21.1. The van der Waals surface area contributed by atoms with Gasteiger partial charge in [0.2, 0.25) is 11.6 Å². The zero-order chi connectivity index (χ0) is 16.8. The molecule has 1 amide bonds. The fourth-order valence-corrected chi connectivity index (χ4v) is 3.54. The quantitative estimate of drug-likeness (QED) is 0.887. The second-order valence-corrected chi connectivity index (χ2v) is 6.63. The largest absolute Gasteiger partial charge is 0.479 e. The number of hydrogen-bond acceptors (Lipinski definition) is 2. The average molecular weight is 383 g/mol. The molecule has 1 unspecified atom stereocenters. The number of rotatable bonds is 3. The highest BCUT2D eigenvalue weighted by molar-refractivity contribution is 9.10. The van der Waals surface area contributed by atoms with Crippen LogP contribution in [0.1, 0.15) is 12.1 Å². The Morgan fingerprint density at radius 1 is 1.39 bits per heavy atom. The molecule has 122 valence electrons. The minimum atomic E-state index is -2.33. The number of halogens is 2. The Labute approximate surface area is 140 Å². The molecular weight excluding hydrogens is 367 g/mol. The van der Waals surface area contributed by atoms with Gasteiger partial charge in [0.15, 0.2) is 0 Å². The molecule has 1 aliphatic rings. The van der Waals surface area contributed by atoms with Gasteiger partial charge >= 0.3 is 5.97 Å². The number of hydrogen-bond donors (Lipinski definition) is 1. The molecule has 7 heteroatoms. The number of para-hydroxylation sites is 1. The number of carboxylic acids is 1. The minimum absolute atomic E-state index is 0.0631. The summed E-state index contributed by atoms with van der Waals surface area (Å²) in [6.45, 7) is 1.70. The third-order valence-electron chi connectivity index (χ3n) is 4.40. The van der Waals surface area contributed by atoms with E-state index in [0.717, 1.165) is 21.1 Å². The fraction of sp³-hybridized carbons (Fsp3) is 0.375. The summed E-state index contributed by atoms with van der Waals surface area (Å²) in [6.07, 6.45) is -0.164. The van der Waals surface area contributed by atoms with Gasteiger partial charge in [-0.3, -0.25) is 4.79 Å². The maximum absolute atomic E-state index is 14.1. The van der Waals surface area contributed by atoms with E-state index in [0.29, 0.717) is 0 Å². The lowest BCUT2D eigenvalue weighted by Crippen LogP contribution is -2.39. The number of alkyl halides is 1. The van der Waals surface area contributed by atoms with E-state index in [-0.39, 0.29) is 32.0 Å². The van der Waals surface area contributed by atoms with Gasteiger partial charge in [0.25, 0.3) is 0 Å². The van der Waals surface area contributed by atoms with Crippen molar-refractivity contribution in [1.29, 1.82) is 0 Å². The molecule has 1 aromatic carbocycles. The number of aromatic nitrogens is 1. The van der Waals surface area contributed by atoms with Crippen molar-refractivity contribution < 1.29 is 19.1 Å². The number of nitrogens with zero attached hydrogens (tertiary/aromatic N) is 2. The van der Waals surface area contributed by atoms with E-state index in [1.54, 1.807) is 0 Å². The molecule has 1 N–H and O–H groups in total. The van der Waals surface area contributed by atoms with Crippen LogP contribution in [0.15, 0.2) is 28.7 Å². The summed E-state index contributed by atoms with van der Waals surface area (Å²) in [5.41, 5.74) is -0.512. The highest BCUT2D eigenvalue weighted by Gasteiger charge is 2.46. The molecule has 0 saturated carbocycles. The van der Waals surface area contributed by atoms with Gasteiger partial charge in [-0.2, -0.15) is 0 Å². The number of benzene rings is 1. The molecule has 1 aliphatic heterocycles. The highest BCUT2D eigenvalue weighted by Crippen LogP contribution is 2.31. The first-order valence-electron chi connectivity index (χ1n) is 7.27. The second kappa shape index (κ2) is 5.63. The molecule has 0 aliphatic carbocycles. The number of carbonyl (C=O) groups is 2. The molecule has 1 fully saturated rings. The van der Waals surface area contributed by atoms with Crippen LogP contribution >= 0.6 is 15.9 Å². The van der Waals surface area contributed by atoms with Crippen molar-refractivity contribution in [3.63, 3.8) is 0 Å². The van der Waals surface area contributed by atoms with Gasteiger partial charge in [0, 0.05) is 34.0 Å². The summed E-state index contributed by atoms with van der Waals surface area (Å²) in [5.74, 6) is -1.78. The number of aliphatic carboxylic acids is 1. The Bertz CT molecular complexity index is 804. The third kappa shape index (κ3) is 2.63. The molecule has 2 aromatic rings. The van der Waals surface area contributed by atoms with E-state index in [1.165, 1.54) is 4.90 Å². The predicted molar refractivity (Wildman–Crippen MR) is 87.0 cm³/mol. The van der Waals surface area contributed by atoms with Gasteiger partial charge in [-0.25, -0.2) is 9.18 Å². The second-order valence-electron chi connectivity index (χ2n) is 5.84. The Morgan fingerprint density at radius 2 is 2.09 bits per heavy atom. The Kier molecular flexibility index (Phi) is 3.91. The van der Waals surface area contributed by atoms with Crippen LogP contribution in [0.5, 0.6) is 0 Å². The van der Waals surface area contributed by atoms with Crippen molar-refractivity contribution in [3.8, 4) is 0 Å². The maximum atomic E-state index is 14.1. The number of amides is 1. The van der Waals surface area contributed by atoms with Crippen molar-refractivity contribution in [2.45, 2.75) is 25.6 Å². The summed E-state index contributed by atoms with van der Waals surface area (Å²) in [5, 5.41) is 9.93. The van der Waals surface area contributed by atoms with Crippen LogP contribution in [0.4, 0.5) is 4.39 Å². The third-order valence-corrected chi connectivity index (χ3v) is 5.40. The number of fused-ring (bicyclic) bond motifs is 1. The van der Waals surface area contributed by atoms with E-state index >= 15 is 0 Å². The summed E-state index contributed by atoms with van der Waals surface area (Å²) in [7, 11) is 0.